The number of nitrogens with one attached hydrogen (secondary N) is 1. The van der Waals surface area contributed by atoms with Crippen LogP contribution in [-0.4, -0.2) is 10.1 Å². The maximum atomic E-state index is 10.2. The number of rotatable bonds is 16. The predicted molar refractivity (Wildman–Crippen MR) is 138 cm³/mol. The second kappa shape index (κ2) is 15.7. The number of unbranched alkanes of at least 4 members (excludes halogenated alkanes) is 10. The lowest BCUT2D eigenvalue weighted by atomic mass is 9.94. The van der Waals surface area contributed by atoms with Crippen LogP contribution in [0.4, 0.5) is 5.69 Å². The number of benzene rings is 1. The van der Waals surface area contributed by atoms with E-state index in [-0.39, 0.29) is 0 Å². The zero-order valence-electron chi connectivity index (χ0n) is 20.4. The second-order valence-electron chi connectivity index (χ2n) is 9.14. The molecule has 0 amide bonds. The lowest BCUT2D eigenvalue weighted by Crippen LogP contribution is -2.21. The fourth-order valence-electron chi connectivity index (χ4n) is 4.17. The van der Waals surface area contributed by atoms with Gasteiger partial charge in [0, 0.05) is 11.6 Å². The van der Waals surface area contributed by atoms with Crippen molar-refractivity contribution in [3.05, 3.63) is 22.8 Å². The maximum absolute atomic E-state index is 10.2. The van der Waals surface area contributed by atoms with Gasteiger partial charge in [-0.15, -0.1) is 0 Å². The summed E-state index contributed by atoms with van der Waals surface area (Å²) in [5.41, 5.74) is 3.99. The molecule has 2 nitrogen and oxygen atoms in total. The van der Waals surface area contributed by atoms with E-state index >= 15 is 0 Å². The Labute approximate surface area is 192 Å². The smallest absolute Gasteiger partial charge is 0.121 e. The van der Waals surface area contributed by atoms with Gasteiger partial charge in [0.1, 0.15) is 5.75 Å². The highest BCUT2D eigenvalue weighted by Gasteiger charge is 2.16. The summed E-state index contributed by atoms with van der Waals surface area (Å²) in [6, 6.07) is 2.03. The van der Waals surface area contributed by atoms with E-state index in [2.05, 4.69) is 26.1 Å². The molecule has 0 saturated heterocycles. The summed E-state index contributed by atoms with van der Waals surface area (Å²) in [6.45, 7) is 10.5. The van der Waals surface area contributed by atoms with Crippen LogP contribution in [0.2, 0.25) is 0 Å². The summed E-state index contributed by atoms with van der Waals surface area (Å²) in [5.74, 6) is 0.861. The minimum atomic E-state index is 0.400. The summed E-state index contributed by atoms with van der Waals surface area (Å²) < 4.78 is 0. The molecule has 1 aromatic carbocycles. The molecular formula is C27H47NOS. The zero-order chi connectivity index (χ0) is 22.4. The van der Waals surface area contributed by atoms with Crippen molar-refractivity contribution in [2.75, 3.05) is 5.32 Å². The third kappa shape index (κ3) is 9.81. The maximum Gasteiger partial charge on any atom is 0.121 e. The van der Waals surface area contributed by atoms with Crippen molar-refractivity contribution in [3.63, 3.8) is 0 Å². The molecule has 0 heterocycles. The van der Waals surface area contributed by atoms with Crippen molar-refractivity contribution in [1.29, 1.82) is 0 Å². The molecule has 0 aliphatic rings. The summed E-state index contributed by atoms with van der Waals surface area (Å²) >= 11 is 5.85. The molecule has 0 bridgehead atoms. The van der Waals surface area contributed by atoms with Gasteiger partial charge in [-0.05, 0) is 56.4 Å². The van der Waals surface area contributed by atoms with E-state index in [1.807, 2.05) is 19.9 Å². The topological polar surface area (TPSA) is 32.3 Å². The Morgan fingerprint density at radius 2 is 1.30 bits per heavy atom. The molecule has 0 aliphatic carbocycles. The number of phenolic OH excluding ortho intramolecular Hbond substituents is 1. The SMILES string of the molecule is CCCCCCCCCCCCC(CCCC)C(=S)Nc1cc(C)c(O)c(C)c1C. The van der Waals surface area contributed by atoms with Crippen LogP contribution in [0, 0.1) is 26.7 Å². The Balaban J connectivity index is 2.45. The monoisotopic (exact) mass is 433 g/mol. The number of phenols is 1. The van der Waals surface area contributed by atoms with Crippen molar-refractivity contribution >= 4 is 22.9 Å². The van der Waals surface area contributed by atoms with E-state index in [0.717, 1.165) is 27.4 Å². The average molecular weight is 434 g/mol. The zero-order valence-corrected chi connectivity index (χ0v) is 21.2. The Bertz CT molecular complexity index is 626. The van der Waals surface area contributed by atoms with Crippen molar-refractivity contribution in [2.45, 2.75) is 125 Å². The van der Waals surface area contributed by atoms with Crippen LogP contribution in [0.3, 0.4) is 0 Å². The van der Waals surface area contributed by atoms with Gasteiger partial charge in [-0.1, -0.05) is 103 Å². The normalized spacial score (nSPS) is 12.2. The molecule has 0 fully saturated rings. The Morgan fingerprint density at radius 1 is 0.800 bits per heavy atom. The second-order valence-corrected chi connectivity index (χ2v) is 9.58. The molecule has 3 heteroatoms. The fraction of sp³-hybridized carbons (Fsp3) is 0.741. The van der Waals surface area contributed by atoms with Crippen molar-refractivity contribution < 1.29 is 5.11 Å². The van der Waals surface area contributed by atoms with Crippen molar-refractivity contribution in [3.8, 4) is 5.75 Å². The lowest BCUT2D eigenvalue weighted by Gasteiger charge is -2.22. The van der Waals surface area contributed by atoms with Crippen molar-refractivity contribution in [1.82, 2.24) is 0 Å². The van der Waals surface area contributed by atoms with E-state index in [4.69, 9.17) is 12.2 Å². The first-order valence-electron chi connectivity index (χ1n) is 12.5. The minimum Gasteiger partial charge on any atom is -0.507 e. The van der Waals surface area contributed by atoms with Crippen LogP contribution in [0.15, 0.2) is 6.07 Å². The number of hydrogen-bond donors (Lipinski definition) is 2. The van der Waals surface area contributed by atoms with Gasteiger partial charge in [0.25, 0.3) is 0 Å². The van der Waals surface area contributed by atoms with Crippen LogP contribution >= 0.6 is 12.2 Å². The van der Waals surface area contributed by atoms with Crippen LogP contribution in [0.25, 0.3) is 0 Å². The van der Waals surface area contributed by atoms with E-state index < -0.39 is 0 Å². The van der Waals surface area contributed by atoms with Gasteiger partial charge in [0.05, 0.1) is 4.99 Å². The largest absolute Gasteiger partial charge is 0.507 e. The highest BCUT2D eigenvalue weighted by Crippen LogP contribution is 2.31. The molecule has 2 N–H and O–H groups in total. The highest BCUT2D eigenvalue weighted by molar-refractivity contribution is 7.80. The van der Waals surface area contributed by atoms with Crippen LogP contribution < -0.4 is 5.32 Å². The molecule has 0 aliphatic heterocycles. The molecule has 0 spiro atoms. The van der Waals surface area contributed by atoms with Gasteiger partial charge in [-0.3, -0.25) is 0 Å². The lowest BCUT2D eigenvalue weighted by molar-refractivity contribution is 0.466. The third-order valence-corrected chi connectivity index (χ3v) is 6.93. The number of hydrogen-bond acceptors (Lipinski definition) is 2. The van der Waals surface area contributed by atoms with Gasteiger partial charge in [-0.25, -0.2) is 0 Å². The number of aryl methyl sites for hydroxylation is 1. The molecule has 1 unspecified atom stereocenters. The van der Waals surface area contributed by atoms with Gasteiger partial charge in [0.2, 0.25) is 0 Å². The first-order chi connectivity index (χ1) is 14.4. The van der Waals surface area contributed by atoms with Crippen molar-refractivity contribution in [2.24, 2.45) is 5.92 Å². The van der Waals surface area contributed by atoms with E-state index in [1.165, 1.54) is 89.9 Å². The summed E-state index contributed by atoms with van der Waals surface area (Å²) in [7, 11) is 0. The van der Waals surface area contributed by atoms with Gasteiger partial charge < -0.3 is 10.4 Å². The molecule has 0 aromatic heterocycles. The Morgan fingerprint density at radius 3 is 1.87 bits per heavy atom. The first-order valence-corrected chi connectivity index (χ1v) is 12.9. The van der Waals surface area contributed by atoms with E-state index in [1.54, 1.807) is 0 Å². The van der Waals surface area contributed by atoms with Gasteiger partial charge >= 0.3 is 0 Å². The third-order valence-electron chi connectivity index (χ3n) is 6.50. The van der Waals surface area contributed by atoms with Crippen LogP contribution in [-0.2, 0) is 0 Å². The number of aromatic hydroxyl groups is 1. The average Bonchev–Trinajstić information content (AvgIpc) is 2.73. The van der Waals surface area contributed by atoms with Gasteiger partial charge in [-0.2, -0.15) is 0 Å². The summed E-state index contributed by atoms with van der Waals surface area (Å²) in [5, 5.41) is 13.7. The molecular weight excluding hydrogens is 386 g/mol. The molecule has 1 rings (SSSR count). The van der Waals surface area contributed by atoms with E-state index in [9.17, 15) is 5.11 Å². The quantitative estimate of drug-likeness (QED) is 0.155. The van der Waals surface area contributed by atoms with Crippen LogP contribution in [0.5, 0.6) is 5.75 Å². The first kappa shape index (κ1) is 26.9. The molecule has 0 radical (unpaired) electrons. The van der Waals surface area contributed by atoms with Crippen LogP contribution in [0.1, 0.15) is 120 Å². The summed E-state index contributed by atoms with van der Waals surface area (Å²) in [6.07, 6.45) is 18.6. The highest BCUT2D eigenvalue weighted by atomic mass is 32.1. The minimum absolute atomic E-state index is 0.400. The number of anilines is 1. The Kier molecular flexibility index (Phi) is 14.1. The fourth-order valence-corrected chi connectivity index (χ4v) is 4.51. The molecule has 172 valence electrons. The molecule has 30 heavy (non-hydrogen) atoms. The Hall–Kier alpha value is -1.09. The number of thiocarbonyl (C=S) groups is 1. The standard InChI is InChI=1S/C27H47NOS/c1-6-8-10-11-12-13-14-15-16-17-19-24(18-9-7-2)27(30)28-25-20-21(3)26(29)23(5)22(25)4/h20,24,29H,6-19H2,1-5H3,(H,28,30). The predicted octanol–water partition coefficient (Wildman–Crippen LogP) is 9.17. The summed E-state index contributed by atoms with van der Waals surface area (Å²) in [4.78, 5) is 0.979. The molecule has 0 saturated carbocycles. The van der Waals surface area contributed by atoms with E-state index in [0.29, 0.717) is 11.7 Å². The molecule has 1 atom stereocenters. The van der Waals surface area contributed by atoms with Gasteiger partial charge in [0.15, 0.2) is 0 Å². The molecule has 1 aromatic rings.